The van der Waals surface area contributed by atoms with Gasteiger partial charge in [-0.3, -0.25) is 0 Å². The quantitative estimate of drug-likeness (QED) is 0.170. The predicted octanol–water partition coefficient (Wildman–Crippen LogP) is 8.40. The SMILES string of the molecule is CCC[CH2][Sn]([CH2]/C=C\CC[Si](C)(C)c1ccccc1)([CH2]CCC)[CH2]CCC. The van der Waals surface area contributed by atoms with Gasteiger partial charge in [-0.2, -0.15) is 0 Å². The van der Waals surface area contributed by atoms with Gasteiger partial charge in [0.25, 0.3) is 0 Å². The van der Waals surface area contributed by atoms with Crippen molar-refractivity contribution in [2.24, 2.45) is 0 Å². The summed E-state index contributed by atoms with van der Waals surface area (Å²) in [4.78, 5) is 0. The van der Waals surface area contributed by atoms with Crippen molar-refractivity contribution in [3.8, 4) is 0 Å². The summed E-state index contributed by atoms with van der Waals surface area (Å²) in [6.07, 6.45) is 15.1. The molecule has 27 heavy (non-hydrogen) atoms. The molecule has 0 unspecified atom stereocenters. The maximum atomic E-state index is 2.65. The first-order valence-corrected chi connectivity index (χ1v) is 23.0. The third-order valence-electron chi connectivity index (χ3n) is 6.39. The van der Waals surface area contributed by atoms with Crippen molar-refractivity contribution >= 4 is 31.6 Å². The zero-order valence-electron chi connectivity index (χ0n) is 19.0. The summed E-state index contributed by atoms with van der Waals surface area (Å²) >= 11 is -1.95. The molecule has 0 saturated heterocycles. The summed E-state index contributed by atoms with van der Waals surface area (Å²) in [5.41, 5.74) is 0. The molecule has 0 bridgehead atoms. The number of hydrogen-bond donors (Lipinski definition) is 0. The van der Waals surface area contributed by atoms with E-state index < -0.39 is 26.5 Å². The standard InChI is InChI=1S/C13H19Si.3C4H9.Sn/c1-4-5-9-12-14(2,3)13-10-7-6-8-11-13;3*1-3-4-2;/h4-8,10-11H,1,9,12H2,2-3H3;3*1,3-4H2,2H3;/b5-4-;;;;. The molecule has 0 amide bonds. The van der Waals surface area contributed by atoms with Gasteiger partial charge in [0.15, 0.2) is 0 Å². The summed E-state index contributed by atoms with van der Waals surface area (Å²) in [5, 5.41) is 1.61. The van der Waals surface area contributed by atoms with Crippen LogP contribution in [0.2, 0.25) is 36.9 Å². The van der Waals surface area contributed by atoms with Crippen LogP contribution in [0.3, 0.4) is 0 Å². The minimum atomic E-state index is -1.95. The average Bonchev–Trinajstić information content (AvgIpc) is 2.69. The van der Waals surface area contributed by atoms with Crippen molar-refractivity contribution in [2.75, 3.05) is 0 Å². The summed E-state index contributed by atoms with van der Waals surface area (Å²) in [5.74, 6) is 0. The molecule has 1 aromatic carbocycles. The third-order valence-corrected chi connectivity index (χ3v) is 25.1. The minimum absolute atomic E-state index is 1.27. The Hall–Kier alpha value is -0.0244. The second-order valence-electron chi connectivity index (χ2n) is 9.27. The van der Waals surface area contributed by atoms with E-state index in [-0.39, 0.29) is 0 Å². The van der Waals surface area contributed by atoms with Crippen LogP contribution in [0.5, 0.6) is 0 Å². The van der Waals surface area contributed by atoms with E-state index in [1.807, 2.05) is 0 Å². The first-order valence-electron chi connectivity index (χ1n) is 11.7. The fourth-order valence-electron chi connectivity index (χ4n) is 4.27. The molecular weight excluding hydrogens is 447 g/mol. The Kier molecular flexibility index (Phi) is 13.0. The number of rotatable bonds is 15. The Morgan fingerprint density at radius 1 is 0.778 bits per heavy atom. The molecule has 2 heteroatoms. The molecule has 0 N–H and O–H groups in total. The van der Waals surface area contributed by atoms with Crippen molar-refractivity contribution in [1.29, 1.82) is 0 Å². The van der Waals surface area contributed by atoms with E-state index in [1.165, 1.54) is 55.4 Å². The van der Waals surface area contributed by atoms with Gasteiger partial charge in [0.05, 0.1) is 0 Å². The number of unbranched alkanes of at least 4 members (excludes halogenated alkanes) is 3. The van der Waals surface area contributed by atoms with Gasteiger partial charge in [-0.1, -0.05) is 0 Å². The molecule has 1 rings (SSSR count). The molecule has 0 nitrogen and oxygen atoms in total. The Morgan fingerprint density at radius 2 is 1.30 bits per heavy atom. The molecule has 0 heterocycles. The maximum absolute atomic E-state index is 2.65. The molecule has 1 aromatic rings. The van der Waals surface area contributed by atoms with Crippen LogP contribution >= 0.6 is 0 Å². The summed E-state index contributed by atoms with van der Waals surface area (Å²) in [6, 6.07) is 12.6. The molecular formula is C25H46SiSn. The van der Waals surface area contributed by atoms with Gasteiger partial charge in [-0.25, -0.2) is 0 Å². The van der Waals surface area contributed by atoms with Crippen molar-refractivity contribution in [3.05, 3.63) is 42.5 Å². The van der Waals surface area contributed by atoms with Crippen molar-refractivity contribution < 1.29 is 0 Å². The molecule has 0 spiro atoms. The molecule has 0 aliphatic heterocycles. The van der Waals surface area contributed by atoms with Crippen LogP contribution in [0.1, 0.15) is 65.7 Å². The van der Waals surface area contributed by atoms with Gasteiger partial charge in [0.2, 0.25) is 0 Å². The Balaban J connectivity index is 2.63. The molecule has 0 fully saturated rings. The van der Waals surface area contributed by atoms with Crippen LogP contribution in [0, 0.1) is 0 Å². The second-order valence-corrected chi connectivity index (χ2v) is 28.1. The predicted molar refractivity (Wildman–Crippen MR) is 132 cm³/mol. The van der Waals surface area contributed by atoms with Crippen LogP contribution in [0.15, 0.2) is 42.5 Å². The van der Waals surface area contributed by atoms with Gasteiger partial charge in [-0.15, -0.1) is 0 Å². The van der Waals surface area contributed by atoms with Crippen LogP contribution < -0.4 is 5.19 Å². The fourth-order valence-corrected chi connectivity index (χ4v) is 21.8. The monoisotopic (exact) mass is 494 g/mol. The molecule has 0 radical (unpaired) electrons. The first-order chi connectivity index (χ1) is 13.0. The molecule has 154 valence electrons. The normalized spacial score (nSPS) is 12.8. The number of benzene rings is 1. The number of hydrogen-bond acceptors (Lipinski definition) is 0. The van der Waals surface area contributed by atoms with Crippen molar-refractivity contribution in [3.63, 3.8) is 0 Å². The Labute approximate surface area is 176 Å². The van der Waals surface area contributed by atoms with E-state index in [0.29, 0.717) is 0 Å². The van der Waals surface area contributed by atoms with E-state index >= 15 is 0 Å². The topological polar surface area (TPSA) is 0 Å². The van der Waals surface area contributed by atoms with Crippen LogP contribution in [0.4, 0.5) is 0 Å². The van der Waals surface area contributed by atoms with Crippen LogP contribution in [-0.4, -0.2) is 26.5 Å². The van der Waals surface area contributed by atoms with Crippen molar-refractivity contribution in [1.82, 2.24) is 0 Å². The number of allylic oxidation sites excluding steroid dienone is 2. The van der Waals surface area contributed by atoms with Gasteiger partial charge in [-0.05, 0) is 0 Å². The van der Waals surface area contributed by atoms with Gasteiger partial charge >= 0.3 is 177 Å². The Bertz CT molecular complexity index is 485. The van der Waals surface area contributed by atoms with E-state index in [0.717, 1.165) is 0 Å². The first kappa shape index (κ1) is 25.0. The third kappa shape index (κ3) is 9.83. The fraction of sp³-hybridized carbons (Fsp3) is 0.680. The zero-order chi connectivity index (χ0) is 20.0. The summed E-state index contributed by atoms with van der Waals surface area (Å²) in [7, 11) is -1.27. The molecule has 0 atom stereocenters. The molecule has 0 aliphatic rings. The van der Waals surface area contributed by atoms with Crippen molar-refractivity contribution in [2.45, 2.75) is 103 Å². The molecule has 0 saturated carbocycles. The Morgan fingerprint density at radius 3 is 1.78 bits per heavy atom. The molecule has 0 aliphatic carbocycles. The average molecular weight is 493 g/mol. The van der Waals surface area contributed by atoms with Gasteiger partial charge < -0.3 is 0 Å². The van der Waals surface area contributed by atoms with Crippen LogP contribution in [-0.2, 0) is 0 Å². The van der Waals surface area contributed by atoms with E-state index in [2.05, 4.69) is 76.3 Å². The second kappa shape index (κ2) is 14.0. The zero-order valence-corrected chi connectivity index (χ0v) is 22.9. The van der Waals surface area contributed by atoms with E-state index in [1.54, 1.807) is 18.5 Å². The van der Waals surface area contributed by atoms with E-state index in [4.69, 9.17) is 0 Å². The molecule has 0 aromatic heterocycles. The summed E-state index contributed by atoms with van der Waals surface area (Å²) < 4.78 is 6.43. The van der Waals surface area contributed by atoms with Gasteiger partial charge in [0.1, 0.15) is 0 Å². The summed E-state index contributed by atoms with van der Waals surface area (Å²) in [6.45, 7) is 12.2. The van der Waals surface area contributed by atoms with Gasteiger partial charge in [0, 0.05) is 0 Å². The van der Waals surface area contributed by atoms with E-state index in [9.17, 15) is 0 Å². The van der Waals surface area contributed by atoms with Crippen LogP contribution in [0.25, 0.3) is 0 Å².